The van der Waals surface area contributed by atoms with Gasteiger partial charge in [0.1, 0.15) is 5.84 Å². The number of para-hydroxylation sites is 3. The second-order valence-electron chi connectivity index (χ2n) is 17.2. The zero-order valence-electron chi connectivity index (χ0n) is 33.9. The molecule has 0 spiro atoms. The molecule has 11 aromatic rings. The largest absolute Gasteiger partial charge is 0.359 e. The molecule has 2 aromatic heterocycles. The maximum Gasteiger partial charge on any atom is 0.134 e. The smallest absolute Gasteiger partial charge is 0.134 e. The Bertz CT molecular complexity index is 3640. The molecule has 1 aliphatic heterocycles. The molecule has 0 saturated heterocycles. The summed E-state index contributed by atoms with van der Waals surface area (Å²) in [7, 11) is 0. The van der Waals surface area contributed by atoms with Gasteiger partial charge in [-0.3, -0.25) is 0 Å². The average molecular weight is 781 g/mol. The van der Waals surface area contributed by atoms with Gasteiger partial charge in [0.05, 0.1) is 33.8 Å². The summed E-state index contributed by atoms with van der Waals surface area (Å²) < 4.78 is 4.94. The molecule has 1 N–H and O–H groups in total. The van der Waals surface area contributed by atoms with E-state index in [1.54, 1.807) is 0 Å². The molecular weight excluding hydrogens is 741 g/mol. The van der Waals surface area contributed by atoms with Crippen LogP contribution in [0.5, 0.6) is 0 Å². The monoisotopic (exact) mass is 780 g/mol. The first-order valence-corrected chi connectivity index (χ1v) is 21.2. The lowest BCUT2D eigenvalue weighted by molar-refractivity contribution is 0.659. The summed E-state index contributed by atoms with van der Waals surface area (Å²) in [5.41, 5.74) is 16.7. The molecule has 13 rings (SSSR count). The highest BCUT2D eigenvalue weighted by Gasteiger charge is 2.37. The number of hydrogen-bond donors (Lipinski definition) is 1. The Hall–Kier alpha value is -7.69. The summed E-state index contributed by atoms with van der Waals surface area (Å²) in [5, 5.41) is 11.4. The Kier molecular flexibility index (Phi) is 7.10. The lowest BCUT2D eigenvalue weighted by Gasteiger charge is -2.28. The van der Waals surface area contributed by atoms with Gasteiger partial charge in [-0.1, -0.05) is 147 Å². The van der Waals surface area contributed by atoms with Gasteiger partial charge in [0.15, 0.2) is 0 Å². The Morgan fingerprint density at radius 2 is 1.15 bits per heavy atom. The van der Waals surface area contributed by atoms with E-state index in [0.717, 1.165) is 28.5 Å². The van der Waals surface area contributed by atoms with Gasteiger partial charge in [-0.2, -0.15) is 0 Å². The lowest BCUT2D eigenvalue weighted by atomic mass is 9.81. The zero-order chi connectivity index (χ0) is 40.4. The number of benzene rings is 9. The average Bonchev–Trinajstić information content (AvgIpc) is 3.90. The van der Waals surface area contributed by atoms with E-state index in [1.807, 2.05) is 0 Å². The predicted molar refractivity (Wildman–Crippen MR) is 254 cm³/mol. The fraction of sp³-hybridized carbons (Fsp3) is 0.0702. The SMILES string of the molecule is CC1(C)c2cc(C3=Nc4ccccc4C(c4ccccc4)N3)ccc2-c2ccc(-n3c4cc5c(cc4c4c6ccccc6ccc43)c3ccccc3n5-c3ccccc3)cc21. The van der Waals surface area contributed by atoms with Gasteiger partial charge in [-0.25, -0.2) is 4.99 Å². The molecule has 1 atom stereocenters. The molecule has 4 nitrogen and oxygen atoms in total. The van der Waals surface area contributed by atoms with Crippen molar-refractivity contribution in [1.82, 2.24) is 14.5 Å². The van der Waals surface area contributed by atoms with Crippen molar-refractivity contribution in [1.29, 1.82) is 0 Å². The summed E-state index contributed by atoms with van der Waals surface area (Å²) in [6, 6.07) is 71.2. The van der Waals surface area contributed by atoms with Crippen molar-refractivity contribution in [3.63, 3.8) is 0 Å². The van der Waals surface area contributed by atoms with E-state index in [0.29, 0.717) is 0 Å². The summed E-state index contributed by atoms with van der Waals surface area (Å²) in [5.74, 6) is 0.902. The minimum absolute atomic E-state index is 0.0180. The van der Waals surface area contributed by atoms with Crippen molar-refractivity contribution in [3.8, 4) is 22.5 Å². The first kappa shape index (κ1) is 34.2. The standard InChI is InChI=1S/C57H40N4/c1-57(2)47-31-37(56-58-49-23-13-11-22-44(49)55(59-56)36-16-5-3-6-17-36)25-28-41(47)42-29-27-39(32-48(42)57)61-51-30-26-35-15-9-10-20-40(35)54(51)46-33-45-43-21-12-14-24-50(43)60(52(45)34-53(46)61)38-18-7-4-8-19-38/h3-34,55H,1-2H3,(H,58,59). The molecule has 4 heteroatoms. The molecule has 0 fully saturated rings. The van der Waals surface area contributed by atoms with Crippen LogP contribution in [0.15, 0.2) is 199 Å². The van der Waals surface area contributed by atoms with Gasteiger partial charge >= 0.3 is 0 Å². The Labute approximate surface area is 353 Å². The van der Waals surface area contributed by atoms with E-state index < -0.39 is 0 Å². The topological polar surface area (TPSA) is 34.2 Å². The van der Waals surface area contributed by atoms with Crippen molar-refractivity contribution in [2.75, 3.05) is 0 Å². The maximum absolute atomic E-state index is 5.20. The molecule has 0 saturated carbocycles. The third-order valence-electron chi connectivity index (χ3n) is 13.5. The fourth-order valence-corrected chi connectivity index (χ4v) is 10.7. The van der Waals surface area contributed by atoms with Crippen LogP contribution in [0.4, 0.5) is 5.69 Å². The predicted octanol–water partition coefficient (Wildman–Crippen LogP) is 14.1. The van der Waals surface area contributed by atoms with E-state index in [2.05, 4.69) is 222 Å². The van der Waals surface area contributed by atoms with E-state index in [4.69, 9.17) is 4.99 Å². The number of nitrogens with zero attached hydrogens (tertiary/aromatic N) is 3. The third kappa shape index (κ3) is 4.90. The quantitative estimate of drug-likeness (QED) is 0.190. The van der Waals surface area contributed by atoms with Gasteiger partial charge in [0, 0.05) is 49.5 Å². The van der Waals surface area contributed by atoms with E-state index in [-0.39, 0.29) is 11.5 Å². The Morgan fingerprint density at radius 1 is 0.475 bits per heavy atom. The molecule has 9 aromatic carbocycles. The van der Waals surface area contributed by atoms with Crippen LogP contribution >= 0.6 is 0 Å². The van der Waals surface area contributed by atoms with Crippen LogP contribution in [0.25, 0.3) is 76.9 Å². The van der Waals surface area contributed by atoms with Crippen molar-refractivity contribution in [3.05, 3.63) is 222 Å². The van der Waals surface area contributed by atoms with Gasteiger partial charge in [0.25, 0.3) is 0 Å². The van der Waals surface area contributed by atoms with Crippen molar-refractivity contribution in [2.24, 2.45) is 4.99 Å². The van der Waals surface area contributed by atoms with Crippen molar-refractivity contribution < 1.29 is 0 Å². The van der Waals surface area contributed by atoms with Gasteiger partial charge in [0.2, 0.25) is 0 Å². The first-order valence-electron chi connectivity index (χ1n) is 21.2. The molecule has 2 aliphatic rings. The van der Waals surface area contributed by atoms with Crippen molar-refractivity contribution in [2.45, 2.75) is 25.3 Å². The third-order valence-corrected chi connectivity index (χ3v) is 13.5. The van der Waals surface area contributed by atoms with Crippen LogP contribution < -0.4 is 5.32 Å². The summed E-state index contributed by atoms with van der Waals surface area (Å²) in [6.07, 6.45) is 0. The number of aromatic nitrogens is 2. The van der Waals surface area contributed by atoms with Gasteiger partial charge in [-0.05, 0) is 99.3 Å². The number of aliphatic imine (C=N–C) groups is 1. The summed E-state index contributed by atoms with van der Waals surface area (Å²) >= 11 is 0. The number of hydrogen-bond acceptors (Lipinski definition) is 2. The number of fused-ring (bicyclic) bond motifs is 12. The van der Waals surface area contributed by atoms with Crippen LogP contribution in [-0.4, -0.2) is 15.0 Å². The lowest BCUT2D eigenvalue weighted by Crippen LogP contribution is -2.33. The highest BCUT2D eigenvalue weighted by Crippen LogP contribution is 2.51. The van der Waals surface area contributed by atoms with E-state index >= 15 is 0 Å². The molecule has 0 bridgehead atoms. The molecule has 288 valence electrons. The van der Waals surface area contributed by atoms with Crippen LogP contribution in [0.3, 0.4) is 0 Å². The van der Waals surface area contributed by atoms with Gasteiger partial charge < -0.3 is 14.5 Å². The van der Waals surface area contributed by atoms with Gasteiger partial charge in [-0.15, -0.1) is 0 Å². The highest BCUT2D eigenvalue weighted by molar-refractivity contribution is 6.25. The summed E-state index contributed by atoms with van der Waals surface area (Å²) in [4.78, 5) is 5.20. The molecule has 1 unspecified atom stereocenters. The van der Waals surface area contributed by atoms with Crippen LogP contribution in [0, 0.1) is 0 Å². The highest BCUT2D eigenvalue weighted by atomic mass is 15.1. The minimum Gasteiger partial charge on any atom is -0.359 e. The number of amidine groups is 1. The van der Waals surface area contributed by atoms with Crippen LogP contribution in [-0.2, 0) is 5.41 Å². The van der Waals surface area contributed by atoms with Crippen LogP contribution in [0.2, 0.25) is 0 Å². The second-order valence-corrected chi connectivity index (χ2v) is 17.2. The van der Waals surface area contributed by atoms with E-state index in [9.17, 15) is 0 Å². The fourth-order valence-electron chi connectivity index (χ4n) is 10.7. The maximum atomic E-state index is 5.20. The Morgan fingerprint density at radius 3 is 2.00 bits per heavy atom. The molecule has 3 heterocycles. The van der Waals surface area contributed by atoms with E-state index in [1.165, 1.54) is 87.8 Å². The molecule has 0 radical (unpaired) electrons. The number of rotatable bonds is 4. The minimum atomic E-state index is -0.249. The number of nitrogens with one attached hydrogen (secondary N) is 1. The summed E-state index contributed by atoms with van der Waals surface area (Å²) in [6.45, 7) is 4.76. The second kappa shape index (κ2) is 12.7. The Balaban J connectivity index is 0.997. The molecule has 1 aliphatic carbocycles. The molecular formula is C57H40N4. The molecule has 61 heavy (non-hydrogen) atoms. The van der Waals surface area contributed by atoms with Crippen molar-refractivity contribution >= 4 is 65.9 Å². The zero-order valence-corrected chi connectivity index (χ0v) is 33.9. The molecule has 0 amide bonds. The first-order chi connectivity index (χ1) is 30.0. The normalized spacial score (nSPS) is 15.2. The van der Waals surface area contributed by atoms with Crippen LogP contribution in [0.1, 0.15) is 47.7 Å².